The second kappa shape index (κ2) is 6.51. The first-order valence-corrected chi connectivity index (χ1v) is 7.82. The van der Waals surface area contributed by atoms with Crippen molar-refractivity contribution in [1.29, 1.82) is 0 Å². The quantitative estimate of drug-likeness (QED) is 0.575. The van der Waals surface area contributed by atoms with Gasteiger partial charge in [-0.2, -0.15) is 0 Å². The summed E-state index contributed by atoms with van der Waals surface area (Å²) in [5, 5.41) is 3.01. The summed E-state index contributed by atoms with van der Waals surface area (Å²) in [5.41, 5.74) is 7.54. The number of anilines is 2. The molecular weight excluding hydrogens is 396 g/mol. The van der Waals surface area contributed by atoms with Gasteiger partial charge in [-0.15, -0.1) is 0 Å². The summed E-state index contributed by atoms with van der Waals surface area (Å²) in [5.74, 6) is 0.163. The zero-order chi connectivity index (χ0) is 16.4. The molecule has 6 heteroatoms. The molecular formula is C16H17FIN3O. The van der Waals surface area contributed by atoms with Crippen LogP contribution in [0.1, 0.15) is 29.4 Å². The minimum atomic E-state index is -0.370. The smallest absolute Gasteiger partial charge is 0.179 e. The zero-order valence-electron chi connectivity index (χ0n) is 12.4. The van der Waals surface area contributed by atoms with E-state index in [4.69, 9.17) is 5.73 Å². The van der Waals surface area contributed by atoms with E-state index in [0.29, 0.717) is 34.9 Å². The average Bonchev–Trinajstić information content (AvgIpc) is 2.78. The van der Waals surface area contributed by atoms with E-state index in [2.05, 4.69) is 11.9 Å². The number of halogens is 2. The standard InChI is InChI=1S/C16H17FIN3O/c1-4-15(22)14-8-11(9(2)19)16(21(14)3)20-13-6-5-10(18)7-12(13)17/h5-8,20H,2,4,19H2,1,3H3. The predicted octanol–water partition coefficient (Wildman–Crippen LogP) is 4.03. The SMILES string of the molecule is C=C(N)c1cc(C(=O)CC)n(C)c1Nc1ccc(I)cc1F. The first-order valence-electron chi connectivity index (χ1n) is 6.74. The fourth-order valence-electron chi connectivity index (χ4n) is 2.17. The summed E-state index contributed by atoms with van der Waals surface area (Å²) in [4.78, 5) is 12.0. The van der Waals surface area contributed by atoms with Crippen LogP contribution in [0.3, 0.4) is 0 Å². The third-order valence-corrected chi connectivity index (χ3v) is 4.04. The number of Topliss-reactive ketones (excluding diaryl/α,β-unsaturated/α-hetero) is 1. The zero-order valence-corrected chi connectivity index (χ0v) is 14.6. The van der Waals surface area contributed by atoms with Crippen LogP contribution in [-0.4, -0.2) is 10.4 Å². The van der Waals surface area contributed by atoms with Gasteiger partial charge in [-0.1, -0.05) is 13.5 Å². The number of nitrogens with two attached hydrogens (primary N) is 1. The van der Waals surface area contributed by atoms with Crippen LogP contribution in [0.5, 0.6) is 0 Å². The van der Waals surface area contributed by atoms with Crippen molar-refractivity contribution in [2.75, 3.05) is 5.32 Å². The number of ketones is 1. The van der Waals surface area contributed by atoms with Gasteiger partial charge in [0.25, 0.3) is 0 Å². The lowest BCUT2D eigenvalue weighted by Crippen LogP contribution is -2.08. The van der Waals surface area contributed by atoms with Crippen molar-refractivity contribution in [2.45, 2.75) is 13.3 Å². The van der Waals surface area contributed by atoms with Crippen molar-refractivity contribution >= 4 is 45.6 Å². The Kier molecular flexibility index (Phi) is 4.90. The lowest BCUT2D eigenvalue weighted by Gasteiger charge is -2.12. The predicted molar refractivity (Wildman–Crippen MR) is 95.7 cm³/mol. The lowest BCUT2D eigenvalue weighted by atomic mass is 10.2. The highest BCUT2D eigenvalue weighted by Gasteiger charge is 2.18. The number of hydrogen-bond donors (Lipinski definition) is 2. The van der Waals surface area contributed by atoms with Gasteiger partial charge in [0.05, 0.1) is 11.4 Å². The highest BCUT2D eigenvalue weighted by Crippen LogP contribution is 2.29. The van der Waals surface area contributed by atoms with Crippen LogP contribution < -0.4 is 11.1 Å². The molecule has 1 heterocycles. The van der Waals surface area contributed by atoms with Crippen molar-refractivity contribution in [3.63, 3.8) is 0 Å². The number of rotatable bonds is 5. The molecule has 22 heavy (non-hydrogen) atoms. The molecule has 0 saturated heterocycles. The molecule has 2 aromatic rings. The monoisotopic (exact) mass is 413 g/mol. The summed E-state index contributed by atoms with van der Waals surface area (Å²) in [6.45, 7) is 5.51. The topological polar surface area (TPSA) is 60.1 Å². The van der Waals surface area contributed by atoms with Crippen LogP contribution in [0.25, 0.3) is 5.70 Å². The number of carbonyl (C=O) groups is 1. The Morgan fingerprint density at radius 1 is 1.45 bits per heavy atom. The maximum Gasteiger partial charge on any atom is 0.179 e. The second-order valence-corrected chi connectivity index (χ2v) is 6.15. The minimum Gasteiger partial charge on any atom is -0.399 e. The normalized spacial score (nSPS) is 10.5. The number of nitrogens with zero attached hydrogens (tertiary/aromatic N) is 1. The fraction of sp³-hybridized carbons (Fsp3) is 0.188. The molecule has 0 atom stereocenters. The Hall–Kier alpha value is -1.83. The summed E-state index contributed by atoms with van der Waals surface area (Å²) >= 11 is 2.04. The maximum atomic E-state index is 14.0. The molecule has 3 N–H and O–H groups in total. The second-order valence-electron chi connectivity index (χ2n) is 4.90. The van der Waals surface area contributed by atoms with Gasteiger partial charge in [0, 0.05) is 28.3 Å². The van der Waals surface area contributed by atoms with Crippen LogP contribution in [0.2, 0.25) is 0 Å². The third kappa shape index (κ3) is 3.16. The third-order valence-electron chi connectivity index (χ3n) is 3.37. The van der Waals surface area contributed by atoms with Crippen molar-refractivity contribution < 1.29 is 9.18 Å². The fourth-order valence-corrected chi connectivity index (χ4v) is 2.62. The Bertz CT molecular complexity index is 752. The lowest BCUT2D eigenvalue weighted by molar-refractivity contribution is 0.0980. The van der Waals surface area contributed by atoms with Gasteiger partial charge in [0.2, 0.25) is 0 Å². The molecule has 0 aliphatic carbocycles. The van der Waals surface area contributed by atoms with Crippen LogP contribution in [0.15, 0.2) is 30.8 Å². The van der Waals surface area contributed by atoms with Gasteiger partial charge in [-0.3, -0.25) is 4.79 Å². The Balaban J connectivity index is 2.51. The van der Waals surface area contributed by atoms with Crippen molar-refractivity contribution in [3.8, 4) is 0 Å². The highest BCUT2D eigenvalue weighted by atomic mass is 127. The van der Waals surface area contributed by atoms with Crippen LogP contribution in [0, 0.1) is 9.39 Å². The van der Waals surface area contributed by atoms with Crippen molar-refractivity contribution in [2.24, 2.45) is 12.8 Å². The number of nitrogens with one attached hydrogen (secondary N) is 1. The summed E-state index contributed by atoms with van der Waals surface area (Å²) in [6, 6.07) is 6.56. The van der Waals surface area contributed by atoms with E-state index < -0.39 is 0 Å². The highest BCUT2D eigenvalue weighted by molar-refractivity contribution is 14.1. The van der Waals surface area contributed by atoms with Crippen molar-refractivity contribution in [3.05, 3.63) is 51.5 Å². The molecule has 0 unspecified atom stereocenters. The minimum absolute atomic E-state index is 0.0128. The molecule has 0 aliphatic rings. The van der Waals surface area contributed by atoms with E-state index in [1.165, 1.54) is 6.07 Å². The van der Waals surface area contributed by atoms with E-state index in [1.807, 2.05) is 22.6 Å². The van der Waals surface area contributed by atoms with Gasteiger partial charge in [0.15, 0.2) is 5.78 Å². The largest absolute Gasteiger partial charge is 0.399 e. The van der Waals surface area contributed by atoms with E-state index in [1.54, 1.807) is 36.7 Å². The molecule has 0 saturated carbocycles. The summed E-state index contributed by atoms with van der Waals surface area (Å²) < 4.78 is 16.5. The van der Waals surface area contributed by atoms with Gasteiger partial charge in [-0.25, -0.2) is 4.39 Å². The molecule has 0 radical (unpaired) electrons. The van der Waals surface area contributed by atoms with E-state index in [0.717, 1.165) is 3.57 Å². The Labute approximate surface area is 142 Å². The first kappa shape index (κ1) is 16.5. The molecule has 116 valence electrons. The number of carbonyl (C=O) groups excluding carboxylic acids is 1. The van der Waals surface area contributed by atoms with E-state index >= 15 is 0 Å². The summed E-state index contributed by atoms with van der Waals surface area (Å²) in [6.07, 6.45) is 0.381. The van der Waals surface area contributed by atoms with Crippen LogP contribution in [-0.2, 0) is 7.05 Å². The molecule has 1 aromatic carbocycles. The van der Waals surface area contributed by atoms with Crippen molar-refractivity contribution in [1.82, 2.24) is 4.57 Å². The molecule has 0 fully saturated rings. The molecule has 4 nitrogen and oxygen atoms in total. The molecule has 1 aromatic heterocycles. The number of hydrogen-bond acceptors (Lipinski definition) is 3. The molecule has 0 aliphatic heterocycles. The molecule has 0 spiro atoms. The molecule has 0 amide bonds. The van der Waals surface area contributed by atoms with Gasteiger partial charge >= 0.3 is 0 Å². The molecule has 2 rings (SSSR count). The van der Waals surface area contributed by atoms with E-state index in [9.17, 15) is 9.18 Å². The van der Waals surface area contributed by atoms with Gasteiger partial charge in [0.1, 0.15) is 11.6 Å². The maximum absolute atomic E-state index is 14.0. The van der Waals surface area contributed by atoms with Gasteiger partial charge < -0.3 is 15.6 Å². The molecule has 0 bridgehead atoms. The Morgan fingerprint density at radius 2 is 2.14 bits per heavy atom. The Morgan fingerprint density at radius 3 is 2.68 bits per heavy atom. The van der Waals surface area contributed by atoms with Crippen LogP contribution >= 0.6 is 22.6 Å². The first-order chi connectivity index (χ1) is 10.3. The number of aromatic nitrogens is 1. The van der Waals surface area contributed by atoms with E-state index in [-0.39, 0.29) is 11.6 Å². The van der Waals surface area contributed by atoms with Crippen LogP contribution in [0.4, 0.5) is 15.9 Å². The summed E-state index contributed by atoms with van der Waals surface area (Å²) in [7, 11) is 1.74. The average molecular weight is 413 g/mol. The van der Waals surface area contributed by atoms with Gasteiger partial charge in [-0.05, 0) is 46.9 Å². The number of benzene rings is 1.